The highest BCUT2D eigenvalue weighted by molar-refractivity contribution is 7.19. The molecular formula is C17H19N3OS. The molecule has 0 radical (unpaired) electrons. The van der Waals surface area contributed by atoms with Crippen LogP contribution in [-0.4, -0.2) is 17.0 Å². The maximum absolute atomic E-state index is 5.46. The van der Waals surface area contributed by atoms with Gasteiger partial charge in [-0.3, -0.25) is 0 Å². The third kappa shape index (κ3) is 2.29. The average molecular weight is 313 g/mol. The minimum absolute atomic E-state index is 0.722. The van der Waals surface area contributed by atoms with Crippen LogP contribution in [-0.2, 0) is 19.4 Å². The number of hydrogen-bond acceptors (Lipinski definition) is 5. The predicted octanol–water partition coefficient (Wildman–Crippen LogP) is 4.05. The van der Waals surface area contributed by atoms with Crippen molar-refractivity contribution in [3.8, 4) is 0 Å². The zero-order valence-corrected chi connectivity index (χ0v) is 13.7. The van der Waals surface area contributed by atoms with Gasteiger partial charge < -0.3 is 9.32 Å². The minimum atomic E-state index is 0.722. The van der Waals surface area contributed by atoms with E-state index in [4.69, 9.17) is 4.42 Å². The Morgan fingerprint density at radius 3 is 3.14 bits per heavy atom. The molecule has 3 aromatic heterocycles. The Morgan fingerprint density at radius 2 is 2.32 bits per heavy atom. The molecule has 0 bridgehead atoms. The molecule has 3 aromatic rings. The van der Waals surface area contributed by atoms with Crippen molar-refractivity contribution in [2.24, 2.45) is 5.92 Å². The summed E-state index contributed by atoms with van der Waals surface area (Å²) in [5.74, 6) is 2.75. The summed E-state index contributed by atoms with van der Waals surface area (Å²) in [5, 5.41) is 1.25. The van der Waals surface area contributed by atoms with Crippen molar-refractivity contribution in [1.29, 1.82) is 0 Å². The maximum Gasteiger partial charge on any atom is 0.141 e. The van der Waals surface area contributed by atoms with E-state index in [1.807, 2.05) is 23.5 Å². The van der Waals surface area contributed by atoms with E-state index in [0.717, 1.165) is 35.3 Å². The second-order valence-corrected chi connectivity index (χ2v) is 7.25. The summed E-state index contributed by atoms with van der Waals surface area (Å²) in [6.07, 6.45) is 6.98. The molecule has 1 atom stereocenters. The maximum atomic E-state index is 5.46. The third-order valence-electron chi connectivity index (χ3n) is 4.41. The van der Waals surface area contributed by atoms with Gasteiger partial charge in [0.2, 0.25) is 0 Å². The number of hydrogen-bond donors (Lipinski definition) is 0. The summed E-state index contributed by atoms with van der Waals surface area (Å²) in [7, 11) is 2.07. The van der Waals surface area contributed by atoms with Crippen LogP contribution in [0.25, 0.3) is 10.2 Å². The van der Waals surface area contributed by atoms with Crippen LogP contribution in [0.15, 0.2) is 29.1 Å². The fraction of sp³-hybridized carbons (Fsp3) is 0.412. The van der Waals surface area contributed by atoms with Gasteiger partial charge in [-0.05, 0) is 42.9 Å². The Balaban J connectivity index is 1.77. The van der Waals surface area contributed by atoms with E-state index in [1.165, 1.54) is 28.7 Å². The highest BCUT2D eigenvalue weighted by atomic mass is 32.1. The zero-order chi connectivity index (χ0) is 15.1. The van der Waals surface area contributed by atoms with Gasteiger partial charge in [-0.2, -0.15) is 0 Å². The highest BCUT2D eigenvalue weighted by Crippen LogP contribution is 2.40. The summed E-state index contributed by atoms with van der Waals surface area (Å²) in [4.78, 5) is 13.9. The zero-order valence-electron chi connectivity index (χ0n) is 12.9. The van der Waals surface area contributed by atoms with Crippen molar-refractivity contribution >= 4 is 27.4 Å². The number of aromatic nitrogens is 2. The van der Waals surface area contributed by atoms with Gasteiger partial charge in [0, 0.05) is 11.9 Å². The lowest BCUT2D eigenvalue weighted by Gasteiger charge is -2.21. The lowest BCUT2D eigenvalue weighted by Crippen LogP contribution is -2.18. The molecule has 0 aromatic carbocycles. The third-order valence-corrected chi connectivity index (χ3v) is 5.57. The standard InChI is InChI=1S/C17H19N3OS/c1-11-5-6-13-14(8-11)22-17-15(13)16(18-10-19-17)20(2)9-12-4-3-7-21-12/h3-4,7,10-11H,5-6,8-9H2,1-2H3/t11-/m0/s1. The molecule has 4 rings (SSSR count). The van der Waals surface area contributed by atoms with Crippen molar-refractivity contribution in [2.75, 3.05) is 11.9 Å². The fourth-order valence-corrected chi connectivity index (χ4v) is 4.60. The van der Waals surface area contributed by atoms with Crippen molar-refractivity contribution < 1.29 is 4.42 Å². The molecule has 0 saturated heterocycles. The summed E-state index contributed by atoms with van der Waals surface area (Å²) < 4.78 is 5.46. The van der Waals surface area contributed by atoms with Gasteiger partial charge in [-0.25, -0.2) is 9.97 Å². The quantitative estimate of drug-likeness (QED) is 0.731. The normalized spacial score (nSPS) is 17.6. The lowest BCUT2D eigenvalue weighted by atomic mass is 9.89. The first-order valence-electron chi connectivity index (χ1n) is 7.71. The summed E-state index contributed by atoms with van der Waals surface area (Å²) >= 11 is 1.84. The van der Waals surface area contributed by atoms with Gasteiger partial charge in [0.1, 0.15) is 22.7 Å². The Morgan fingerprint density at radius 1 is 1.41 bits per heavy atom. The molecule has 4 nitrogen and oxygen atoms in total. The smallest absolute Gasteiger partial charge is 0.141 e. The van der Waals surface area contributed by atoms with Gasteiger partial charge in [-0.1, -0.05) is 6.92 Å². The van der Waals surface area contributed by atoms with E-state index in [1.54, 1.807) is 12.6 Å². The van der Waals surface area contributed by atoms with Gasteiger partial charge in [0.15, 0.2) is 0 Å². The molecule has 0 unspecified atom stereocenters. The molecule has 1 aliphatic carbocycles. The topological polar surface area (TPSA) is 42.2 Å². The second-order valence-electron chi connectivity index (χ2n) is 6.16. The number of rotatable bonds is 3. The largest absolute Gasteiger partial charge is 0.467 e. The average Bonchev–Trinajstić information content (AvgIpc) is 3.12. The van der Waals surface area contributed by atoms with E-state index >= 15 is 0 Å². The number of anilines is 1. The van der Waals surface area contributed by atoms with Gasteiger partial charge in [0.25, 0.3) is 0 Å². The number of nitrogens with zero attached hydrogens (tertiary/aromatic N) is 3. The van der Waals surface area contributed by atoms with Crippen molar-refractivity contribution in [2.45, 2.75) is 32.7 Å². The van der Waals surface area contributed by atoms with Gasteiger partial charge in [-0.15, -0.1) is 11.3 Å². The minimum Gasteiger partial charge on any atom is -0.467 e. The Hall–Kier alpha value is -1.88. The lowest BCUT2D eigenvalue weighted by molar-refractivity contribution is 0.506. The molecule has 1 aliphatic rings. The molecule has 22 heavy (non-hydrogen) atoms. The first-order chi connectivity index (χ1) is 10.7. The summed E-state index contributed by atoms with van der Waals surface area (Å²) in [6, 6.07) is 3.92. The number of aryl methyl sites for hydroxylation is 1. The SMILES string of the molecule is C[C@H]1CCc2c(sc3ncnc(N(C)Cc4ccco4)c23)C1. The van der Waals surface area contributed by atoms with Crippen LogP contribution in [0, 0.1) is 5.92 Å². The van der Waals surface area contributed by atoms with E-state index in [0.29, 0.717) is 0 Å². The Kier molecular flexibility index (Phi) is 3.37. The predicted molar refractivity (Wildman–Crippen MR) is 89.4 cm³/mol. The number of thiophene rings is 1. The Labute approximate surface area is 133 Å². The highest BCUT2D eigenvalue weighted by Gasteiger charge is 2.24. The van der Waals surface area contributed by atoms with Gasteiger partial charge >= 0.3 is 0 Å². The molecule has 3 heterocycles. The molecule has 0 N–H and O–H groups in total. The molecule has 0 amide bonds. The van der Waals surface area contributed by atoms with Crippen LogP contribution < -0.4 is 4.90 Å². The first-order valence-corrected chi connectivity index (χ1v) is 8.53. The second kappa shape index (κ2) is 5.39. The molecule has 0 saturated carbocycles. The van der Waals surface area contributed by atoms with E-state index < -0.39 is 0 Å². The Bertz CT molecular complexity index is 794. The molecule has 114 valence electrons. The molecule has 0 spiro atoms. The van der Waals surface area contributed by atoms with Crippen molar-refractivity contribution in [1.82, 2.24) is 9.97 Å². The van der Waals surface area contributed by atoms with Gasteiger partial charge in [0.05, 0.1) is 18.2 Å². The molecular weight excluding hydrogens is 294 g/mol. The van der Waals surface area contributed by atoms with Crippen LogP contribution in [0.1, 0.15) is 29.5 Å². The first kappa shape index (κ1) is 13.8. The van der Waals surface area contributed by atoms with Crippen LogP contribution in [0.3, 0.4) is 0 Å². The van der Waals surface area contributed by atoms with Crippen molar-refractivity contribution in [3.63, 3.8) is 0 Å². The number of furan rings is 1. The fourth-order valence-electron chi connectivity index (χ4n) is 3.26. The van der Waals surface area contributed by atoms with Crippen LogP contribution in [0.2, 0.25) is 0 Å². The van der Waals surface area contributed by atoms with Crippen LogP contribution in [0.5, 0.6) is 0 Å². The van der Waals surface area contributed by atoms with E-state index in [2.05, 4.69) is 28.8 Å². The molecule has 5 heteroatoms. The summed E-state index contributed by atoms with van der Waals surface area (Å²) in [5.41, 5.74) is 1.47. The van der Waals surface area contributed by atoms with Crippen molar-refractivity contribution in [3.05, 3.63) is 40.9 Å². The van der Waals surface area contributed by atoms with Crippen LogP contribution >= 0.6 is 11.3 Å². The molecule has 0 fully saturated rings. The van der Waals surface area contributed by atoms with Crippen LogP contribution in [0.4, 0.5) is 5.82 Å². The summed E-state index contributed by atoms with van der Waals surface area (Å²) in [6.45, 7) is 3.06. The van der Waals surface area contributed by atoms with E-state index in [9.17, 15) is 0 Å². The molecule has 0 aliphatic heterocycles. The van der Waals surface area contributed by atoms with E-state index in [-0.39, 0.29) is 0 Å². The number of fused-ring (bicyclic) bond motifs is 3. The monoisotopic (exact) mass is 313 g/mol.